The summed E-state index contributed by atoms with van der Waals surface area (Å²) in [5.74, 6) is 0.838. The number of nitrogens with zero attached hydrogens (tertiary/aromatic N) is 3. The van der Waals surface area contributed by atoms with Crippen LogP contribution in [0.3, 0.4) is 0 Å². The van der Waals surface area contributed by atoms with Crippen LogP contribution in [0.5, 0.6) is 5.88 Å². The normalized spacial score (nSPS) is 10.2. The molecule has 2 heterocycles. The third kappa shape index (κ3) is 1.14. The zero-order chi connectivity index (χ0) is 9.26. The quantitative estimate of drug-likeness (QED) is 0.689. The lowest BCUT2D eigenvalue weighted by atomic mass is 10.3. The molecule has 0 saturated carbocycles. The zero-order valence-corrected chi connectivity index (χ0v) is 7.06. The van der Waals surface area contributed by atoms with Crippen LogP contribution in [0.1, 0.15) is 0 Å². The van der Waals surface area contributed by atoms with E-state index in [0.29, 0.717) is 17.1 Å². The first-order chi connectivity index (χ1) is 6.33. The molecular weight excluding hydrogens is 168 g/mol. The summed E-state index contributed by atoms with van der Waals surface area (Å²) in [7, 11) is 1.54. The fourth-order valence-electron chi connectivity index (χ4n) is 1.15. The van der Waals surface area contributed by atoms with Crippen molar-refractivity contribution in [2.24, 2.45) is 0 Å². The number of hydrogen-bond acceptors (Lipinski definition) is 5. The summed E-state index contributed by atoms with van der Waals surface area (Å²) in [6, 6.07) is 1.76. The molecule has 0 saturated heterocycles. The number of hydrogen-bond donors (Lipinski definition) is 1. The van der Waals surface area contributed by atoms with Crippen LogP contribution in [0.2, 0.25) is 0 Å². The van der Waals surface area contributed by atoms with Gasteiger partial charge in [0.2, 0.25) is 5.88 Å². The molecule has 66 valence electrons. The lowest BCUT2D eigenvalue weighted by Gasteiger charge is -2.03. The van der Waals surface area contributed by atoms with Gasteiger partial charge in [-0.2, -0.15) is 0 Å². The smallest absolute Gasteiger partial charge is 0.226 e. The standard InChI is InChI=1S/C8H8N4O/c1-13-8-6-5(2-3-10-8)11-4-12-7(6)9/h2-4H,1H3,(H2,9,11,12). The number of anilines is 1. The number of rotatable bonds is 1. The molecule has 2 aromatic rings. The van der Waals surface area contributed by atoms with E-state index in [-0.39, 0.29) is 0 Å². The van der Waals surface area contributed by atoms with Crippen LogP contribution in [-0.4, -0.2) is 22.1 Å². The molecule has 0 atom stereocenters. The summed E-state index contributed by atoms with van der Waals surface area (Å²) in [6.45, 7) is 0. The van der Waals surface area contributed by atoms with E-state index in [4.69, 9.17) is 10.5 Å². The molecule has 0 spiro atoms. The van der Waals surface area contributed by atoms with E-state index < -0.39 is 0 Å². The van der Waals surface area contributed by atoms with Crippen molar-refractivity contribution in [2.45, 2.75) is 0 Å². The van der Waals surface area contributed by atoms with Gasteiger partial charge in [0.15, 0.2) is 0 Å². The average molecular weight is 176 g/mol. The third-order valence-electron chi connectivity index (χ3n) is 1.74. The van der Waals surface area contributed by atoms with Crippen LogP contribution in [0, 0.1) is 0 Å². The third-order valence-corrected chi connectivity index (χ3v) is 1.74. The molecular formula is C8H8N4O. The van der Waals surface area contributed by atoms with Crippen molar-refractivity contribution in [3.05, 3.63) is 18.6 Å². The maximum Gasteiger partial charge on any atom is 0.226 e. The SMILES string of the molecule is COc1nccc2ncnc(N)c12. The highest BCUT2D eigenvalue weighted by atomic mass is 16.5. The molecule has 0 aromatic carbocycles. The fraction of sp³-hybridized carbons (Fsp3) is 0.125. The summed E-state index contributed by atoms with van der Waals surface area (Å²) in [6.07, 6.45) is 3.03. The highest BCUT2D eigenvalue weighted by Gasteiger charge is 2.06. The Bertz CT molecular complexity index is 438. The topological polar surface area (TPSA) is 73.9 Å². The van der Waals surface area contributed by atoms with Crippen molar-refractivity contribution in [3.63, 3.8) is 0 Å². The van der Waals surface area contributed by atoms with Crippen molar-refractivity contribution < 1.29 is 4.74 Å². The zero-order valence-electron chi connectivity index (χ0n) is 7.06. The van der Waals surface area contributed by atoms with E-state index in [1.165, 1.54) is 13.4 Å². The Morgan fingerprint density at radius 1 is 1.31 bits per heavy atom. The highest BCUT2D eigenvalue weighted by Crippen LogP contribution is 2.24. The molecule has 0 unspecified atom stereocenters. The first-order valence-corrected chi connectivity index (χ1v) is 3.72. The van der Waals surface area contributed by atoms with Gasteiger partial charge < -0.3 is 10.5 Å². The van der Waals surface area contributed by atoms with E-state index >= 15 is 0 Å². The second kappa shape index (κ2) is 2.85. The van der Waals surface area contributed by atoms with Gasteiger partial charge in [-0.3, -0.25) is 0 Å². The van der Waals surface area contributed by atoms with Crippen molar-refractivity contribution in [3.8, 4) is 5.88 Å². The number of fused-ring (bicyclic) bond motifs is 1. The number of nitrogen functional groups attached to an aromatic ring is 1. The molecule has 13 heavy (non-hydrogen) atoms. The Kier molecular flexibility index (Phi) is 1.70. The lowest BCUT2D eigenvalue weighted by Crippen LogP contribution is -1.97. The number of aromatic nitrogens is 3. The molecule has 2 aromatic heterocycles. The van der Waals surface area contributed by atoms with E-state index in [9.17, 15) is 0 Å². The van der Waals surface area contributed by atoms with E-state index in [0.717, 1.165) is 5.52 Å². The van der Waals surface area contributed by atoms with Crippen molar-refractivity contribution in [1.82, 2.24) is 15.0 Å². The van der Waals surface area contributed by atoms with Crippen LogP contribution < -0.4 is 10.5 Å². The van der Waals surface area contributed by atoms with Crippen molar-refractivity contribution in [1.29, 1.82) is 0 Å². The maximum atomic E-state index is 5.66. The minimum atomic E-state index is 0.384. The molecule has 5 heteroatoms. The van der Waals surface area contributed by atoms with Crippen molar-refractivity contribution in [2.75, 3.05) is 12.8 Å². The molecule has 0 radical (unpaired) electrons. The average Bonchev–Trinajstić information content (AvgIpc) is 2.17. The molecule has 0 bridgehead atoms. The Morgan fingerprint density at radius 2 is 2.15 bits per heavy atom. The first kappa shape index (κ1) is 7.72. The maximum absolute atomic E-state index is 5.66. The molecule has 2 rings (SSSR count). The number of methoxy groups -OCH3 is 1. The first-order valence-electron chi connectivity index (χ1n) is 3.72. The minimum Gasteiger partial charge on any atom is -0.480 e. The Morgan fingerprint density at radius 3 is 2.92 bits per heavy atom. The molecule has 0 aliphatic heterocycles. The summed E-state index contributed by atoms with van der Waals surface area (Å²) >= 11 is 0. The minimum absolute atomic E-state index is 0.384. The number of pyridine rings is 1. The summed E-state index contributed by atoms with van der Waals surface area (Å²) in [4.78, 5) is 11.9. The molecule has 0 aliphatic rings. The molecule has 0 aliphatic carbocycles. The van der Waals surface area contributed by atoms with Gasteiger partial charge >= 0.3 is 0 Å². The Balaban J connectivity index is 2.87. The number of nitrogens with two attached hydrogens (primary N) is 1. The predicted molar refractivity (Wildman–Crippen MR) is 48.3 cm³/mol. The highest BCUT2D eigenvalue weighted by molar-refractivity contribution is 5.91. The fourth-order valence-corrected chi connectivity index (χ4v) is 1.15. The summed E-state index contributed by atoms with van der Waals surface area (Å²) in [5.41, 5.74) is 6.40. The van der Waals surface area contributed by atoms with E-state index in [1.807, 2.05) is 0 Å². The monoisotopic (exact) mass is 176 g/mol. The van der Waals surface area contributed by atoms with Gasteiger partial charge in [-0.05, 0) is 6.07 Å². The van der Waals surface area contributed by atoms with Crippen LogP contribution in [0.15, 0.2) is 18.6 Å². The molecule has 2 N–H and O–H groups in total. The van der Waals surface area contributed by atoms with Crippen molar-refractivity contribution >= 4 is 16.7 Å². The number of ether oxygens (including phenoxy) is 1. The molecule has 5 nitrogen and oxygen atoms in total. The molecule has 0 amide bonds. The van der Waals surface area contributed by atoms with Gasteiger partial charge in [0.25, 0.3) is 0 Å². The van der Waals surface area contributed by atoms with Gasteiger partial charge in [0, 0.05) is 6.20 Å². The van der Waals surface area contributed by atoms with Crippen LogP contribution >= 0.6 is 0 Å². The largest absolute Gasteiger partial charge is 0.480 e. The summed E-state index contributed by atoms with van der Waals surface area (Å²) < 4.78 is 5.04. The Labute approximate surface area is 74.6 Å². The van der Waals surface area contributed by atoms with Gasteiger partial charge in [-0.25, -0.2) is 15.0 Å². The van der Waals surface area contributed by atoms with Gasteiger partial charge in [0.05, 0.1) is 12.6 Å². The molecule has 0 fully saturated rings. The van der Waals surface area contributed by atoms with Gasteiger partial charge in [-0.1, -0.05) is 0 Å². The van der Waals surface area contributed by atoms with Crippen LogP contribution in [0.4, 0.5) is 5.82 Å². The second-order valence-corrected chi connectivity index (χ2v) is 2.47. The summed E-state index contributed by atoms with van der Waals surface area (Å²) in [5, 5.41) is 0.660. The lowest BCUT2D eigenvalue weighted by molar-refractivity contribution is 0.403. The van der Waals surface area contributed by atoms with E-state index in [1.54, 1.807) is 12.3 Å². The predicted octanol–water partition coefficient (Wildman–Crippen LogP) is 0.616. The van der Waals surface area contributed by atoms with E-state index in [2.05, 4.69) is 15.0 Å². The van der Waals surface area contributed by atoms with Crippen LogP contribution in [-0.2, 0) is 0 Å². The van der Waals surface area contributed by atoms with Gasteiger partial charge in [-0.15, -0.1) is 0 Å². The van der Waals surface area contributed by atoms with Crippen LogP contribution in [0.25, 0.3) is 10.9 Å². The second-order valence-electron chi connectivity index (χ2n) is 2.47. The van der Waals surface area contributed by atoms with Gasteiger partial charge in [0.1, 0.15) is 17.5 Å². The Hall–Kier alpha value is -1.91.